The zero-order valence-corrected chi connectivity index (χ0v) is 22.7. The number of para-hydroxylation sites is 3. The van der Waals surface area contributed by atoms with E-state index in [1.807, 2.05) is 30.3 Å². The van der Waals surface area contributed by atoms with Gasteiger partial charge in [-0.15, -0.1) is 0 Å². The van der Waals surface area contributed by atoms with Crippen molar-refractivity contribution in [2.45, 2.75) is 31.1 Å². The maximum absolute atomic E-state index is 13.7. The number of benzene rings is 3. The third-order valence-corrected chi connectivity index (χ3v) is 8.15. The van der Waals surface area contributed by atoms with Crippen molar-refractivity contribution < 1.29 is 13.2 Å². The minimum Gasteiger partial charge on any atom is -0.495 e. The standard InChI is InChI=1S/C29H31N5O4S/c1-21-24(29(35)34(31-21)23-11-5-3-6-12-23)20-30-22-15-16-26(33-17-9-4-10-18-33)28(19-22)39(36,37)32-25-13-7-8-14-27(25)38-2/h3,5-8,11-16,19-20,31-32H,4,9-10,17-18H2,1-2H3. The minimum absolute atomic E-state index is 0.123. The SMILES string of the molecule is COc1ccccc1NS(=O)(=O)c1cc(N=Cc2c(C)[nH]n(-c3ccccc3)c2=O)ccc1N1CCCCC1. The molecule has 2 N–H and O–H groups in total. The van der Waals surface area contributed by atoms with Crippen LogP contribution >= 0.6 is 0 Å². The predicted molar refractivity (Wildman–Crippen MR) is 155 cm³/mol. The number of anilines is 2. The Labute approximate surface area is 227 Å². The van der Waals surface area contributed by atoms with Gasteiger partial charge >= 0.3 is 0 Å². The van der Waals surface area contributed by atoms with Gasteiger partial charge in [-0.3, -0.25) is 19.6 Å². The van der Waals surface area contributed by atoms with Gasteiger partial charge in [-0.1, -0.05) is 30.3 Å². The van der Waals surface area contributed by atoms with E-state index in [1.165, 1.54) is 18.0 Å². The zero-order chi connectivity index (χ0) is 27.4. The van der Waals surface area contributed by atoms with Crippen LogP contribution in [0.15, 0.2) is 87.5 Å². The molecule has 1 saturated heterocycles. The summed E-state index contributed by atoms with van der Waals surface area (Å²) >= 11 is 0. The Bertz CT molecular complexity index is 1650. The predicted octanol–water partition coefficient (Wildman–Crippen LogP) is 5.02. The van der Waals surface area contributed by atoms with Gasteiger partial charge in [-0.05, 0) is 68.7 Å². The van der Waals surface area contributed by atoms with Crippen molar-refractivity contribution >= 4 is 33.3 Å². The number of aromatic nitrogens is 2. The van der Waals surface area contributed by atoms with E-state index < -0.39 is 10.0 Å². The van der Waals surface area contributed by atoms with Gasteiger partial charge in [0.2, 0.25) is 0 Å². The molecule has 2 heterocycles. The van der Waals surface area contributed by atoms with Gasteiger partial charge in [-0.25, -0.2) is 13.1 Å². The van der Waals surface area contributed by atoms with Gasteiger partial charge in [0.25, 0.3) is 15.6 Å². The Balaban J connectivity index is 1.53. The molecule has 0 saturated carbocycles. The normalized spacial score (nSPS) is 14.1. The highest BCUT2D eigenvalue weighted by Gasteiger charge is 2.25. The molecule has 0 atom stereocenters. The lowest BCUT2D eigenvalue weighted by Gasteiger charge is -2.30. The Morgan fingerprint density at radius 3 is 2.44 bits per heavy atom. The highest BCUT2D eigenvalue weighted by atomic mass is 32.2. The first kappa shape index (κ1) is 26.3. The largest absolute Gasteiger partial charge is 0.495 e. The molecule has 0 spiro atoms. The first-order valence-electron chi connectivity index (χ1n) is 12.8. The van der Waals surface area contributed by atoms with Crippen molar-refractivity contribution in [3.05, 3.63) is 94.4 Å². The third-order valence-electron chi connectivity index (χ3n) is 6.76. The van der Waals surface area contributed by atoms with Crippen molar-refractivity contribution in [2.24, 2.45) is 4.99 Å². The molecule has 1 aliphatic heterocycles. The number of sulfonamides is 1. The van der Waals surface area contributed by atoms with E-state index in [0.717, 1.165) is 32.4 Å². The Morgan fingerprint density at radius 2 is 1.69 bits per heavy atom. The van der Waals surface area contributed by atoms with Crippen molar-refractivity contribution in [2.75, 3.05) is 29.8 Å². The van der Waals surface area contributed by atoms with E-state index in [9.17, 15) is 13.2 Å². The molecule has 5 rings (SSSR count). The Hall–Kier alpha value is -4.31. The van der Waals surface area contributed by atoms with Crippen LogP contribution in [0.5, 0.6) is 5.75 Å². The van der Waals surface area contributed by atoms with Crippen molar-refractivity contribution in [3.8, 4) is 11.4 Å². The molecular formula is C29H31N5O4S. The van der Waals surface area contributed by atoms with Crippen molar-refractivity contribution in [1.82, 2.24) is 9.78 Å². The zero-order valence-electron chi connectivity index (χ0n) is 21.9. The second kappa shape index (κ2) is 11.2. The van der Waals surface area contributed by atoms with E-state index in [4.69, 9.17) is 4.74 Å². The lowest BCUT2D eigenvalue weighted by atomic mass is 10.1. The molecule has 202 valence electrons. The molecule has 0 amide bonds. The number of piperidine rings is 1. The summed E-state index contributed by atoms with van der Waals surface area (Å²) in [6, 6.07) is 21.3. The number of H-pyrrole nitrogens is 1. The minimum atomic E-state index is -4.00. The smallest absolute Gasteiger partial charge is 0.280 e. The first-order valence-corrected chi connectivity index (χ1v) is 14.3. The number of aliphatic imine (C=N–C) groups is 1. The lowest BCUT2D eigenvalue weighted by Crippen LogP contribution is -2.31. The van der Waals surface area contributed by atoms with Gasteiger partial charge in [0.15, 0.2) is 0 Å². The summed E-state index contributed by atoms with van der Waals surface area (Å²) in [7, 11) is -2.50. The number of nitrogens with zero attached hydrogens (tertiary/aromatic N) is 3. The monoisotopic (exact) mass is 545 g/mol. The number of rotatable bonds is 8. The van der Waals surface area contributed by atoms with Crippen molar-refractivity contribution in [1.29, 1.82) is 0 Å². The van der Waals surface area contributed by atoms with Gasteiger partial charge in [0.05, 0.1) is 35.4 Å². The maximum atomic E-state index is 13.7. The average Bonchev–Trinajstić information content (AvgIpc) is 3.25. The highest BCUT2D eigenvalue weighted by molar-refractivity contribution is 7.93. The summed E-state index contributed by atoms with van der Waals surface area (Å²) in [4.78, 5) is 19.8. The van der Waals surface area contributed by atoms with Crippen LogP contribution in [0.1, 0.15) is 30.5 Å². The van der Waals surface area contributed by atoms with E-state index in [1.54, 1.807) is 49.4 Å². The molecule has 39 heavy (non-hydrogen) atoms. The number of methoxy groups -OCH3 is 1. The van der Waals surface area contributed by atoms with Crippen LogP contribution in [0, 0.1) is 6.92 Å². The Kier molecular flexibility index (Phi) is 7.56. The third kappa shape index (κ3) is 5.61. The molecule has 1 aliphatic rings. The second-order valence-electron chi connectivity index (χ2n) is 9.39. The summed E-state index contributed by atoms with van der Waals surface area (Å²) in [6.07, 6.45) is 4.60. The molecule has 0 bridgehead atoms. The van der Waals surface area contributed by atoms with Gasteiger partial charge in [0, 0.05) is 25.0 Å². The highest BCUT2D eigenvalue weighted by Crippen LogP contribution is 2.34. The second-order valence-corrected chi connectivity index (χ2v) is 11.0. The van der Waals surface area contributed by atoms with Crippen molar-refractivity contribution in [3.63, 3.8) is 0 Å². The molecule has 1 fully saturated rings. The molecule has 3 aromatic carbocycles. The quantitative estimate of drug-likeness (QED) is 0.302. The topological polar surface area (TPSA) is 109 Å². The summed E-state index contributed by atoms with van der Waals surface area (Å²) in [5.41, 5.74) is 2.93. The van der Waals surface area contributed by atoms with Crippen LogP contribution in [-0.4, -0.2) is 44.6 Å². The number of aromatic amines is 1. The van der Waals surface area contributed by atoms with Gasteiger partial charge in [0.1, 0.15) is 10.6 Å². The molecule has 4 aromatic rings. The molecular weight excluding hydrogens is 514 g/mol. The molecule has 0 aliphatic carbocycles. The van der Waals surface area contributed by atoms with Gasteiger partial charge < -0.3 is 9.64 Å². The van der Waals surface area contributed by atoms with Gasteiger partial charge in [-0.2, -0.15) is 0 Å². The maximum Gasteiger partial charge on any atom is 0.280 e. The van der Waals surface area contributed by atoms with Crippen LogP contribution in [0.25, 0.3) is 5.69 Å². The number of ether oxygens (including phenoxy) is 1. The fraction of sp³-hybridized carbons (Fsp3) is 0.241. The fourth-order valence-electron chi connectivity index (χ4n) is 4.73. The van der Waals surface area contributed by atoms with Crippen LogP contribution in [0.3, 0.4) is 0 Å². The molecule has 0 radical (unpaired) electrons. The van der Waals surface area contributed by atoms with Crippen LogP contribution < -0.4 is 19.9 Å². The van der Waals surface area contributed by atoms with E-state index >= 15 is 0 Å². The molecule has 0 unspecified atom stereocenters. The molecule has 1 aromatic heterocycles. The summed E-state index contributed by atoms with van der Waals surface area (Å²) in [6.45, 7) is 3.36. The summed E-state index contributed by atoms with van der Waals surface area (Å²) < 4.78 is 36.9. The van der Waals surface area contributed by atoms with E-state index in [2.05, 4.69) is 19.7 Å². The lowest BCUT2D eigenvalue weighted by molar-refractivity contribution is 0.417. The first-order chi connectivity index (χ1) is 18.9. The fourth-order valence-corrected chi connectivity index (χ4v) is 6.05. The van der Waals surface area contributed by atoms with Crippen LogP contribution in [0.2, 0.25) is 0 Å². The molecule has 9 nitrogen and oxygen atoms in total. The van der Waals surface area contributed by atoms with Crippen LogP contribution in [-0.2, 0) is 10.0 Å². The summed E-state index contributed by atoms with van der Waals surface area (Å²) in [5, 5.41) is 3.08. The number of hydrogen-bond acceptors (Lipinski definition) is 6. The van der Waals surface area contributed by atoms with E-state index in [-0.39, 0.29) is 10.5 Å². The average molecular weight is 546 g/mol. The number of aryl methyl sites for hydroxylation is 1. The number of nitrogens with one attached hydrogen (secondary N) is 2. The number of hydrogen-bond donors (Lipinski definition) is 2. The van der Waals surface area contributed by atoms with Crippen LogP contribution in [0.4, 0.5) is 17.1 Å². The molecule has 10 heteroatoms. The summed E-state index contributed by atoms with van der Waals surface area (Å²) in [5.74, 6) is 0.424. The van der Waals surface area contributed by atoms with E-state index in [0.29, 0.717) is 39.8 Å². The Morgan fingerprint density at radius 1 is 0.974 bits per heavy atom.